The first-order chi connectivity index (χ1) is 7.36. The number of ether oxygens (including phenoxy) is 1. The second-order valence-electron chi connectivity index (χ2n) is 3.64. The van der Waals surface area contributed by atoms with Gasteiger partial charge in [0.2, 0.25) is 0 Å². The van der Waals surface area contributed by atoms with Gasteiger partial charge < -0.3 is 4.74 Å². The van der Waals surface area contributed by atoms with Gasteiger partial charge in [-0.2, -0.15) is 0 Å². The third kappa shape index (κ3) is 3.63. The van der Waals surface area contributed by atoms with Crippen molar-refractivity contribution in [3.05, 3.63) is 29.6 Å². The number of aromatic nitrogens is 1. The van der Waals surface area contributed by atoms with E-state index in [0.29, 0.717) is 5.92 Å². The molecule has 2 heterocycles. The van der Waals surface area contributed by atoms with Gasteiger partial charge in [-0.15, -0.1) is 0 Å². The van der Waals surface area contributed by atoms with Crippen LogP contribution >= 0.6 is 0 Å². The van der Waals surface area contributed by atoms with Crippen molar-refractivity contribution in [2.45, 2.75) is 39.5 Å². The molecule has 2 nitrogen and oxygen atoms in total. The lowest BCUT2D eigenvalue weighted by Gasteiger charge is -2.21. The van der Waals surface area contributed by atoms with Gasteiger partial charge in [0.1, 0.15) is 0 Å². The number of hydrogen-bond donors (Lipinski definition) is 0. The van der Waals surface area contributed by atoms with E-state index in [1.807, 2.05) is 26.1 Å². The first kappa shape index (κ1) is 12.2. The Bertz CT molecular complexity index is 280. The Labute approximate surface area is 92.7 Å². The molecule has 0 bridgehead atoms. The summed E-state index contributed by atoms with van der Waals surface area (Å²) in [7, 11) is 0. The molecular weight excluding hydrogens is 186 g/mol. The van der Waals surface area contributed by atoms with Gasteiger partial charge in [0.25, 0.3) is 0 Å². The molecule has 1 aliphatic rings. The maximum atomic E-state index is 5.32. The lowest BCUT2D eigenvalue weighted by atomic mass is 9.95. The molecule has 0 N–H and O–H groups in total. The fourth-order valence-electron chi connectivity index (χ4n) is 1.78. The SMILES string of the molecule is CC.Cc1ccnc(C2CCOCC2)c1. The summed E-state index contributed by atoms with van der Waals surface area (Å²) in [6.45, 7) is 7.89. The highest BCUT2D eigenvalue weighted by Crippen LogP contribution is 2.25. The topological polar surface area (TPSA) is 22.1 Å². The number of pyridine rings is 1. The summed E-state index contributed by atoms with van der Waals surface area (Å²) in [6, 6.07) is 4.23. The summed E-state index contributed by atoms with van der Waals surface area (Å²) in [5.41, 5.74) is 2.54. The van der Waals surface area contributed by atoms with E-state index in [9.17, 15) is 0 Å². The minimum Gasteiger partial charge on any atom is -0.381 e. The number of aryl methyl sites for hydroxylation is 1. The third-order valence-corrected chi connectivity index (χ3v) is 2.58. The zero-order valence-corrected chi connectivity index (χ0v) is 9.99. The van der Waals surface area contributed by atoms with Gasteiger partial charge in [0.15, 0.2) is 0 Å². The highest BCUT2D eigenvalue weighted by Gasteiger charge is 2.16. The lowest BCUT2D eigenvalue weighted by molar-refractivity contribution is 0.0845. The van der Waals surface area contributed by atoms with Crippen molar-refractivity contribution in [1.29, 1.82) is 0 Å². The second kappa shape index (κ2) is 6.57. The zero-order valence-electron chi connectivity index (χ0n) is 9.99. The molecule has 0 aliphatic carbocycles. The van der Waals surface area contributed by atoms with Crippen molar-refractivity contribution in [1.82, 2.24) is 4.98 Å². The Morgan fingerprint density at radius 2 is 1.93 bits per heavy atom. The average Bonchev–Trinajstić information content (AvgIpc) is 2.33. The molecule has 0 unspecified atom stereocenters. The average molecular weight is 207 g/mol. The van der Waals surface area contributed by atoms with E-state index in [1.165, 1.54) is 11.3 Å². The zero-order chi connectivity index (χ0) is 11.1. The molecule has 1 aromatic heterocycles. The maximum absolute atomic E-state index is 5.32. The largest absolute Gasteiger partial charge is 0.381 e. The van der Waals surface area contributed by atoms with Crippen molar-refractivity contribution in [2.24, 2.45) is 0 Å². The minimum absolute atomic E-state index is 0.619. The maximum Gasteiger partial charge on any atom is 0.0472 e. The monoisotopic (exact) mass is 207 g/mol. The van der Waals surface area contributed by atoms with E-state index in [2.05, 4.69) is 18.0 Å². The van der Waals surface area contributed by atoms with E-state index in [1.54, 1.807) is 0 Å². The quantitative estimate of drug-likeness (QED) is 0.705. The fraction of sp³-hybridized carbons (Fsp3) is 0.615. The molecule has 0 aromatic carbocycles. The van der Waals surface area contributed by atoms with E-state index >= 15 is 0 Å². The van der Waals surface area contributed by atoms with Crippen LogP contribution in [0.15, 0.2) is 18.3 Å². The summed E-state index contributed by atoms with van der Waals surface area (Å²) >= 11 is 0. The highest BCUT2D eigenvalue weighted by molar-refractivity contribution is 5.17. The molecule has 2 rings (SSSR count). The molecule has 0 atom stereocenters. The molecule has 1 fully saturated rings. The molecule has 1 aromatic rings. The van der Waals surface area contributed by atoms with Crippen molar-refractivity contribution in [3.63, 3.8) is 0 Å². The first-order valence-corrected chi connectivity index (χ1v) is 5.86. The molecule has 1 aliphatic heterocycles. The van der Waals surface area contributed by atoms with Gasteiger partial charge in [-0.25, -0.2) is 0 Å². The Morgan fingerprint density at radius 1 is 1.27 bits per heavy atom. The number of nitrogens with zero attached hydrogens (tertiary/aromatic N) is 1. The Morgan fingerprint density at radius 3 is 2.53 bits per heavy atom. The Balaban J connectivity index is 0.000000531. The van der Waals surface area contributed by atoms with E-state index in [-0.39, 0.29) is 0 Å². The highest BCUT2D eigenvalue weighted by atomic mass is 16.5. The van der Waals surface area contributed by atoms with Crippen molar-refractivity contribution in [2.75, 3.05) is 13.2 Å². The molecule has 0 amide bonds. The second-order valence-corrected chi connectivity index (χ2v) is 3.64. The van der Waals surface area contributed by atoms with Crippen LogP contribution in [-0.2, 0) is 4.74 Å². The van der Waals surface area contributed by atoms with E-state index < -0.39 is 0 Å². The van der Waals surface area contributed by atoms with Crippen molar-refractivity contribution < 1.29 is 4.74 Å². The summed E-state index contributed by atoms with van der Waals surface area (Å²) < 4.78 is 5.32. The van der Waals surface area contributed by atoms with Gasteiger partial charge >= 0.3 is 0 Å². The van der Waals surface area contributed by atoms with Crippen LogP contribution in [0.3, 0.4) is 0 Å². The van der Waals surface area contributed by atoms with Crippen LogP contribution in [0.4, 0.5) is 0 Å². The minimum atomic E-state index is 0.619. The predicted octanol–water partition coefficient (Wildman–Crippen LogP) is 3.31. The van der Waals surface area contributed by atoms with E-state index in [0.717, 1.165) is 26.1 Å². The molecule has 0 radical (unpaired) electrons. The van der Waals surface area contributed by atoms with Crippen LogP contribution in [0.5, 0.6) is 0 Å². The summed E-state index contributed by atoms with van der Waals surface area (Å²) in [5, 5.41) is 0. The molecular formula is C13H21NO. The Hall–Kier alpha value is -0.890. The van der Waals surface area contributed by atoms with Gasteiger partial charge in [0.05, 0.1) is 0 Å². The summed E-state index contributed by atoms with van der Waals surface area (Å²) in [4.78, 5) is 4.41. The van der Waals surface area contributed by atoms with Gasteiger partial charge in [0, 0.05) is 31.0 Å². The first-order valence-electron chi connectivity index (χ1n) is 5.86. The molecule has 1 saturated heterocycles. The number of hydrogen-bond acceptors (Lipinski definition) is 2. The molecule has 2 heteroatoms. The summed E-state index contributed by atoms with van der Waals surface area (Å²) in [6.07, 6.45) is 4.15. The summed E-state index contributed by atoms with van der Waals surface area (Å²) in [5.74, 6) is 0.619. The molecule has 15 heavy (non-hydrogen) atoms. The molecule has 0 spiro atoms. The number of rotatable bonds is 1. The van der Waals surface area contributed by atoms with Gasteiger partial charge in [-0.1, -0.05) is 13.8 Å². The van der Waals surface area contributed by atoms with Crippen LogP contribution in [0.25, 0.3) is 0 Å². The van der Waals surface area contributed by atoms with Crippen molar-refractivity contribution in [3.8, 4) is 0 Å². The van der Waals surface area contributed by atoms with Crippen molar-refractivity contribution >= 4 is 0 Å². The predicted molar refractivity (Wildman–Crippen MR) is 63.1 cm³/mol. The Kier molecular flexibility index (Phi) is 5.33. The van der Waals surface area contributed by atoms with Gasteiger partial charge in [-0.3, -0.25) is 4.98 Å². The third-order valence-electron chi connectivity index (χ3n) is 2.58. The van der Waals surface area contributed by atoms with E-state index in [4.69, 9.17) is 4.74 Å². The standard InChI is InChI=1S/C11H15NO.C2H6/c1-9-2-5-12-11(8-9)10-3-6-13-7-4-10;1-2/h2,5,8,10H,3-4,6-7H2,1H3;1-2H3. The molecule has 0 saturated carbocycles. The lowest BCUT2D eigenvalue weighted by Crippen LogP contribution is -2.15. The molecule has 84 valence electrons. The van der Waals surface area contributed by atoms with Gasteiger partial charge in [-0.05, 0) is 37.5 Å². The van der Waals surface area contributed by atoms with Crippen LogP contribution in [0.2, 0.25) is 0 Å². The fourth-order valence-corrected chi connectivity index (χ4v) is 1.78. The van der Waals surface area contributed by atoms with Crippen LogP contribution in [0.1, 0.15) is 43.9 Å². The van der Waals surface area contributed by atoms with Crippen LogP contribution in [0, 0.1) is 6.92 Å². The normalized spacial score (nSPS) is 16.7. The van der Waals surface area contributed by atoms with Crippen LogP contribution in [-0.4, -0.2) is 18.2 Å². The smallest absolute Gasteiger partial charge is 0.0472 e. The van der Waals surface area contributed by atoms with Crippen LogP contribution < -0.4 is 0 Å².